The van der Waals surface area contributed by atoms with Gasteiger partial charge in [-0.3, -0.25) is 0 Å². The molecule has 1 nitrogen and oxygen atoms in total. The van der Waals surface area contributed by atoms with Crippen molar-refractivity contribution in [1.29, 1.82) is 0 Å². The zero-order valence-corrected chi connectivity index (χ0v) is 14.8. The van der Waals surface area contributed by atoms with Crippen LogP contribution in [0.3, 0.4) is 0 Å². The average Bonchev–Trinajstić information content (AvgIpc) is 2.28. The number of hydrogen-bond acceptors (Lipinski definition) is 1. The van der Waals surface area contributed by atoms with Crippen LogP contribution >= 0.6 is 15.9 Å². The van der Waals surface area contributed by atoms with Crippen LogP contribution in [0.2, 0.25) is 0 Å². The van der Waals surface area contributed by atoms with Crippen LogP contribution in [-0.2, 0) is 6.42 Å². The van der Waals surface area contributed by atoms with Crippen LogP contribution < -0.4 is 5.32 Å². The molecule has 0 fully saturated rings. The first-order chi connectivity index (χ1) is 9.17. The summed E-state index contributed by atoms with van der Waals surface area (Å²) in [6, 6.07) is 5.37. The van der Waals surface area contributed by atoms with Crippen LogP contribution in [0.4, 0.5) is 4.39 Å². The smallest absolute Gasteiger partial charge is 0.127 e. The highest BCUT2D eigenvalue weighted by molar-refractivity contribution is 9.10. The number of hydrogen-bond donors (Lipinski definition) is 1. The second-order valence-corrected chi connectivity index (χ2v) is 7.98. The van der Waals surface area contributed by atoms with Crippen LogP contribution in [0.1, 0.15) is 46.6 Å². The van der Waals surface area contributed by atoms with Crippen molar-refractivity contribution in [3.05, 3.63) is 34.1 Å². The van der Waals surface area contributed by atoms with Crippen molar-refractivity contribution < 1.29 is 4.39 Å². The molecule has 1 atom stereocenters. The highest BCUT2D eigenvalue weighted by Gasteiger charge is 2.17. The minimum atomic E-state index is -0.108. The van der Waals surface area contributed by atoms with Gasteiger partial charge in [-0.1, -0.05) is 35.8 Å². The molecular formula is C17H27BrFN. The Hall–Kier alpha value is -0.410. The van der Waals surface area contributed by atoms with Gasteiger partial charge in [-0.25, -0.2) is 4.39 Å². The molecule has 114 valence electrons. The highest BCUT2D eigenvalue weighted by atomic mass is 79.9. The third kappa shape index (κ3) is 6.85. The first-order valence-electron chi connectivity index (χ1n) is 7.36. The van der Waals surface area contributed by atoms with E-state index in [4.69, 9.17) is 0 Å². The van der Waals surface area contributed by atoms with Gasteiger partial charge in [0.15, 0.2) is 0 Å². The minimum absolute atomic E-state index is 0.105. The van der Waals surface area contributed by atoms with E-state index >= 15 is 0 Å². The largest absolute Gasteiger partial charge is 0.312 e. The Morgan fingerprint density at radius 2 is 1.90 bits per heavy atom. The summed E-state index contributed by atoms with van der Waals surface area (Å²) in [6.07, 6.45) is 1.90. The third-order valence-electron chi connectivity index (χ3n) is 3.25. The van der Waals surface area contributed by atoms with Gasteiger partial charge < -0.3 is 5.32 Å². The van der Waals surface area contributed by atoms with E-state index in [9.17, 15) is 4.39 Å². The van der Waals surface area contributed by atoms with E-state index < -0.39 is 0 Å². The molecule has 0 amide bonds. The predicted octanol–water partition coefficient (Wildman–Crippen LogP) is 5.18. The molecule has 0 heterocycles. The van der Waals surface area contributed by atoms with Crippen molar-refractivity contribution >= 4 is 15.9 Å². The first kappa shape index (κ1) is 17.6. The Kier molecular flexibility index (Phi) is 6.67. The molecule has 1 aromatic carbocycles. The Morgan fingerprint density at radius 3 is 2.40 bits per heavy atom. The fourth-order valence-electron chi connectivity index (χ4n) is 2.35. The fourth-order valence-corrected chi connectivity index (χ4v) is 2.69. The third-order valence-corrected chi connectivity index (χ3v) is 3.74. The lowest BCUT2D eigenvalue weighted by Gasteiger charge is -2.26. The van der Waals surface area contributed by atoms with Crippen LogP contribution in [0.5, 0.6) is 0 Å². The molecule has 0 radical (unpaired) electrons. The maximum absolute atomic E-state index is 14.0. The topological polar surface area (TPSA) is 12.0 Å². The Balaban J connectivity index is 2.73. The molecule has 0 saturated carbocycles. The van der Waals surface area contributed by atoms with E-state index in [0.717, 1.165) is 29.4 Å². The summed E-state index contributed by atoms with van der Waals surface area (Å²) in [5.41, 5.74) is 0.919. The van der Waals surface area contributed by atoms with Crippen molar-refractivity contribution in [2.45, 2.75) is 53.0 Å². The lowest BCUT2D eigenvalue weighted by atomic mass is 9.90. The van der Waals surface area contributed by atoms with Crippen molar-refractivity contribution in [2.24, 2.45) is 11.8 Å². The van der Waals surface area contributed by atoms with E-state index in [0.29, 0.717) is 11.8 Å². The summed E-state index contributed by atoms with van der Waals surface area (Å²) in [4.78, 5) is 0. The van der Waals surface area contributed by atoms with Gasteiger partial charge in [-0.05, 0) is 69.7 Å². The van der Waals surface area contributed by atoms with Crippen LogP contribution in [0.25, 0.3) is 0 Å². The van der Waals surface area contributed by atoms with Gasteiger partial charge in [0.05, 0.1) is 0 Å². The maximum atomic E-state index is 14.0. The van der Waals surface area contributed by atoms with E-state index in [-0.39, 0.29) is 11.4 Å². The lowest BCUT2D eigenvalue weighted by molar-refractivity contribution is 0.329. The molecule has 0 aromatic heterocycles. The molecule has 0 aliphatic carbocycles. The molecular weight excluding hydrogens is 317 g/mol. The lowest BCUT2D eigenvalue weighted by Crippen LogP contribution is -2.40. The molecule has 0 aliphatic heterocycles. The minimum Gasteiger partial charge on any atom is -0.312 e. The molecule has 1 unspecified atom stereocenters. The van der Waals surface area contributed by atoms with Gasteiger partial charge in [0.1, 0.15) is 5.82 Å². The number of halogens is 2. The Morgan fingerprint density at radius 1 is 1.25 bits per heavy atom. The molecule has 1 N–H and O–H groups in total. The first-order valence-corrected chi connectivity index (χ1v) is 8.15. The molecule has 0 bridgehead atoms. The monoisotopic (exact) mass is 343 g/mol. The van der Waals surface area contributed by atoms with Crippen molar-refractivity contribution in [1.82, 2.24) is 5.32 Å². The normalized spacial score (nSPS) is 13.8. The fraction of sp³-hybridized carbons (Fsp3) is 0.647. The van der Waals surface area contributed by atoms with E-state index in [1.807, 2.05) is 12.1 Å². The molecule has 0 aliphatic rings. The molecule has 20 heavy (non-hydrogen) atoms. The molecule has 1 aromatic rings. The van der Waals surface area contributed by atoms with Gasteiger partial charge in [-0.15, -0.1) is 0 Å². The maximum Gasteiger partial charge on any atom is 0.127 e. The van der Waals surface area contributed by atoms with E-state index in [1.54, 1.807) is 6.07 Å². The summed E-state index contributed by atoms with van der Waals surface area (Å²) >= 11 is 3.31. The zero-order valence-electron chi connectivity index (χ0n) is 13.3. The van der Waals surface area contributed by atoms with Crippen LogP contribution in [-0.4, -0.2) is 12.1 Å². The Bertz CT molecular complexity index is 423. The quantitative estimate of drug-likeness (QED) is 0.750. The number of benzene rings is 1. The standard InChI is InChI=1S/C17H27BrFN/c1-12(2)8-13(11-20-17(3,4)5)9-14-6-7-15(18)10-16(14)19/h6-7,10,12-13,20H,8-9,11H2,1-5H3. The molecule has 3 heteroatoms. The van der Waals surface area contributed by atoms with Crippen LogP contribution in [0.15, 0.2) is 22.7 Å². The van der Waals surface area contributed by atoms with Gasteiger partial charge in [0.2, 0.25) is 0 Å². The summed E-state index contributed by atoms with van der Waals surface area (Å²) in [5, 5.41) is 3.55. The summed E-state index contributed by atoms with van der Waals surface area (Å²) in [5.74, 6) is 0.981. The highest BCUT2D eigenvalue weighted by Crippen LogP contribution is 2.22. The second kappa shape index (κ2) is 7.56. The molecule has 1 rings (SSSR count). The molecule has 0 spiro atoms. The van der Waals surface area contributed by atoms with E-state index in [2.05, 4.69) is 55.9 Å². The average molecular weight is 344 g/mol. The van der Waals surface area contributed by atoms with Gasteiger partial charge in [0, 0.05) is 10.0 Å². The number of nitrogens with one attached hydrogen (secondary N) is 1. The summed E-state index contributed by atoms with van der Waals surface area (Å²) < 4.78 is 14.8. The summed E-state index contributed by atoms with van der Waals surface area (Å²) in [7, 11) is 0. The van der Waals surface area contributed by atoms with Crippen molar-refractivity contribution in [3.63, 3.8) is 0 Å². The predicted molar refractivity (Wildman–Crippen MR) is 88.5 cm³/mol. The van der Waals surface area contributed by atoms with Gasteiger partial charge in [0.25, 0.3) is 0 Å². The van der Waals surface area contributed by atoms with Crippen LogP contribution in [0, 0.1) is 17.7 Å². The second-order valence-electron chi connectivity index (χ2n) is 7.07. The van der Waals surface area contributed by atoms with Gasteiger partial charge >= 0.3 is 0 Å². The Labute approximate surface area is 131 Å². The molecule has 0 saturated heterocycles. The van der Waals surface area contributed by atoms with Gasteiger partial charge in [-0.2, -0.15) is 0 Å². The van der Waals surface area contributed by atoms with Crippen molar-refractivity contribution in [3.8, 4) is 0 Å². The summed E-state index contributed by atoms with van der Waals surface area (Å²) in [6.45, 7) is 11.9. The SMILES string of the molecule is CC(C)CC(CNC(C)(C)C)Cc1ccc(Br)cc1F. The van der Waals surface area contributed by atoms with E-state index in [1.165, 1.54) is 0 Å². The zero-order chi connectivity index (χ0) is 15.3. The van der Waals surface area contributed by atoms with Crippen molar-refractivity contribution in [2.75, 3.05) is 6.54 Å². The number of rotatable bonds is 6.